The average Bonchev–Trinajstić information content (AvgIpc) is 3.13. The number of aliphatic hydroxyl groups is 1. The molecule has 1 aliphatic carbocycles. The Kier molecular flexibility index (Phi) is 6.77. The van der Waals surface area contributed by atoms with E-state index in [4.69, 9.17) is 4.74 Å². The highest BCUT2D eigenvalue weighted by Crippen LogP contribution is 2.29. The van der Waals surface area contributed by atoms with Crippen molar-refractivity contribution in [3.63, 3.8) is 0 Å². The van der Waals surface area contributed by atoms with E-state index in [9.17, 15) is 19.1 Å². The van der Waals surface area contributed by atoms with Crippen LogP contribution in [0.5, 0.6) is 5.75 Å². The van der Waals surface area contributed by atoms with Gasteiger partial charge in [0.1, 0.15) is 23.3 Å². The molecule has 1 heterocycles. The molecule has 1 saturated carbocycles. The number of aromatic nitrogens is 1. The van der Waals surface area contributed by atoms with Crippen molar-refractivity contribution in [2.75, 3.05) is 14.1 Å². The van der Waals surface area contributed by atoms with Crippen LogP contribution in [0.15, 0.2) is 30.3 Å². The van der Waals surface area contributed by atoms with Crippen LogP contribution in [0.4, 0.5) is 4.39 Å². The summed E-state index contributed by atoms with van der Waals surface area (Å²) in [5, 5.41) is 12.6. The molecule has 1 atom stereocenters. The average molecular weight is 417 g/mol. The fourth-order valence-corrected chi connectivity index (χ4v) is 3.58. The smallest absolute Gasteiger partial charge is 0.273 e. The summed E-state index contributed by atoms with van der Waals surface area (Å²) < 4.78 is 20.0. The number of hydrogen-bond acceptors (Lipinski definition) is 4. The van der Waals surface area contributed by atoms with Crippen molar-refractivity contribution in [1.29, 1.82) is 0 Å². The number of amides is 2. The number of benzene rings is 1. The van der Waals surface area contributed by atoms with E-state index in [1.165, 1.54) is 17.0 Å². The Morgan fingerprint density at radius 1 is 1.23 bits per heavy atom. The monoisotopic (exact) mass is 417 g/mol. The second-order valence-corrected chi connectivity index (χ2v) is 7.88. The Balaban J connectivity index is 1.81. The molecule has 30 heavy (non-hydrogen) atoms. The van der Waals surface area contributed by atoms with E-state index in [1.807, 2.05) is 0 Å². The van der Waals surface area contributed by atoms with Crippen molar-refractivity contribution in [1.82, 2.24) is 15.2 Å². The van der Waals surface area contributed by atoms with Gasteiger partial charge in [0.15, 0.2) is 5.75 Å². The molecule has 2 amide bonds. The van der Waals surface area contributed by atoms with Crippen molar-refractivity contribution in [3.05, 3.63) is 53.1 Å². The van der Waals surface area contributed by atoms with E-state index >= 15 is 0 Å². The van der Waals surface area contributed by atoms with Gasteiger partial charge >= 0.3 is 0 Å². The molecular weight excluding hydrogens is 389 g/mol. The lowest BCUT2D eigenvalue weighted by atomic mass is 9.93. The predicted octanol–water partition coefficient (Wildman–Crippen LogP) is 3.03. The van der Waals surface area contributed by atoms with Crippen molar-refractivity contribution in [2.45, 2.75) is 50.9 Å². The third kappa shape index (κ3) is 4.99. The molecule has 0 saturated heterocycles. The van der Waals surface area contributed by atoms with Crippen molar-refractivity contribution in [3.8, 4) is 5.75 Å². The number of ether oxygens (including phenoxy) is 1. The number of H-pyrrole nitrogens is 1. The standard InChI is InChI=1S/C22H28FN3O4/c1-13(16-6-4-5-7-17(16)23)30-19-12-18(25-20(19)22(29)26(2)3)21(28)24-14-8-10-15(27)11-9-14/h4-7,12-15,25,27H,8-11H2,1-3H3,(H,24,28). The minimum Gasteiger partial charge on any atom is -0.483 e. The maximum absolute atomic E-state index is 14.1. The number of nitrogens with one attached hydrogen (secondary N) is 2. The first-order valence-electron chi connectivity index (χ1n) is 10.1. The molecule has 8 heteroatoms. The summed E-state index contributed by atoms with van der Waals surface area (Å²) >= 11 is 0. The molecular formula is C22H28FN3O4. The Bertz CT molecular complexity index is 904. The Morgan fingerprint density at radius 3 is 2.53 bits per heavy atom. The first-order chi connectivity index (χ1) is 14.3. The molecule has 3 rings (SSSR count). The zero-order valence-electron chi connectivity index (χ0n) is 17.4. The lowest BCUT2D eigenvalue weighted by Crippen LogP contribution is -2.38. The third-order valence-corrected chi connectivity index (χ3v) is 5.33. The number of halogens is 1. The number of nitrogens with zero attached hydrogens (tertiary/aromatic N) is 1. The number of carbonyl (C=O) groups is 2. The van der Waals surface area contributed by atoms with Gasteiger partial charge in [0, 0.05) is 31.8 Å². The highest BCUT2D eigenvalue weighted by Gasteiger charge is 2.26. The summed E-state index contributed by atoms with van der Waals surface area (Å²) in [6.45, 7) is 1.68. The lowest BCUT2D eigenvalue weighted by Gasteiger charge is -2.25. The zero-order valence-corrected chi connectivity index (χ0v) is 17.4. The Labute approximate surface area is 175 Å². The number of carbonyl (C=O) groups excluding carboxylic acids is 2. The molecule has 0 radical (unpaired) electrons. The van der Waals surface area contributed by atoms with Gasteiger partial charge in [-0.25, -0.2) is 4.39 Å². The van der Waals surface area contributed by atoms with Gasteiger partial charge in [0.05, 0.1) is 6.10 Å². The van der Waals surface area contributed by atoms with E-state index in [0.29, 0.717) is 31.2 Å². The predicted molar refractivity (Wildman–Crippen MR) is 110 cm³/mol. The van der Waals surface area contributed by atoms with Gasteiger partial charge in [0.25, 0.3) is 11.8 Å². The summed E-state index contributed by atoms with van der Waals surface area (Å²) in [6, 6.07) is 7.71. The van der Waals surface area contributed by atoms with Crippen LogP contribution in [-0.2, 0) is 0 Å². The van der Waals surface area contributed by atoms with Gasteiger partial charge in [-0.1, -0.05) is 18.2 Å². The summed E-state index contributed by atoms with van der Waals surface area (Å²) in [5.41, 5.74) is 0.683. The second kappa shape index (κ2) is 9.30. The highest BCUT2D eigenvalue weighted by atomic mass is 19.1. The largest absolute Gasteiger partial charge is 0.483 e. The van der Waals surface area contributed by atoms with Crippen LogP contribution in [0.3, 0.4) is 0 Å². The first kappa shape index (κ1) is 21.8. The summed E-state index contributed by atoms with van der Waals surface area (Å²) in [4.78, 5) is 29.5. The minimum atomic E-state index is -0.661. The van der Waals surface area contributed by atoms with Crippen LogP contribution in [0.25, 0.3) is 0 Å². The summed E-state index contributed by atoms with van der Waals surface area (Å²) in [7, 11) is 3.20. The maximum Gasteiger partial charge on any atom is 0.273 e. The number of aliphatic hydroxyl groups excluding tert-OH is 1. The van der Waals surface area contributed by atoms with Crippen LogP contribution in [0, 0.1) is 5.82 Å². The third-order valence-electron chi connectivity index (χ3n) is 5.33. The van der Waals surface area contributed by atoms with Crippen LogP contribution < -0.4 is 10.1 Å². The fraction of sp³-hybridized carbons (Fsp3) is 0.455. The molecule has 2 aromatic rings. The minimum absolute atomic E-state index is 0.0288. The summed E-state index contributed by atoms with van der Waals surface area (Å²) in [5.74, 6) is -0.921. The van der Waals surface area contributed by atoms with Gasteiger partial charge in [-0.15, -0.1) is 0 Å². The van der Waals surface area contributed by atoms with E-state index in [1.54, 1.807) is 39.2 Å². The Hall–Kier alpha value is -2.87. The van der Waals surface area contributed by atoms with Gasteiger partial charge in [-0.05, 0) is 38.7 Å². The molecule has 7 nitrogen and oxygen atoms in total. The van der Waals surface area contributed by atoms with Gasteiger partial charge in [-0.3, -0.25) is 9.59 Å². The van der Waals surface area contributed by atoms with Crippen molar-refractivity contribution in [2.24, 2.45) is 0 Å². The molecule has 0 bridgehead atoms. The molecule has 162 valence electrons. The molecule has 1 aromatic carbocycles. The molecule has 1 unspecified atom stereocenters. The normalized spacial score (nSPS) is 19.8. The first-order valence-corrected chi connectivity index (χ1v) is 10.1. The molecule has 1 aromatic heterocycles. The topological polar surface area (TPSA) is 94.7 Å². The lowest BCUT2D eigenvalue weighted by molar-refractivity contribution is 0.0815. The van der Waals surface area contributed by atoms with Crippen molar-refractivity contribution >= 4 is 11.8 Å². The number of rotatable bonds is 6. The molecule has 0 spiro atoms. The summed E-state index contributed by atoms with van der Waals surface area (Å²) in [6.07, 6.45) is 1.72. The van der Waals surface area contributed by atoms with E-state index < -0.39 is 11.9 Å². The quantitative estimate of drug-likeness (QED) is 0.673. The second-order valence-electron chi connectivity index (χ2n) is 7.88. The molecule has 3 N–H and O–H groups in total. The molecule has 1 aliphatic rings. The Morgan fingerprint density at radius 2 is 1.90 bits per heavy atom. The van der Waals surface area contributed by atoms with Crippen LogP contribution >= 0.6 is 0 Å². The number of hydrogen-bond donors (Lipinski definition) is 3. The van der Waals surface area contributed by atoms with Gasteiger partial charge in [0.2, 0.25) is 0 Å². The fourth-order valence-electron chi connectivity index (χ4n) is 3.58. The van der Waals surface area contributed by atoms with Crippen LogP contribution in [0.1, 0.15) is 65.3 Å². The van der Waals surface area contributed by atoms with Gasteiger partial charge < -0.3 is 25.0 Å². The SMILES string of the molecule is CC(Oc1cc(C(=O)NC2CCC(O)CC2)[nH]c1C(=O)N(C)C)c1ccccc1F. The van der Waals surface area contributed by atoms with E-state index in [0.717, 1.165) is 0 Å². The van der Waals surface area contributed by atoms with Crippen LogP contribution in [-0.4, -0.2) is 53.0 Å². The van der Waals surface area contributed by atoms with Crippen molar-refractivity contribution < 1.29 is 23.8 Å². The number of aromatic amines is 1. The van der Waals surface area contributed by atoms with E-state index in [2.05, 4.69) is 10.3 Å². The molecule has 0 aliphatic heterocycles. The molecule has 1 fully saturated rings. The van der Waals surface area contributed by atoms with E-state index in [-0.39, 0.29) is 41.1 Å². The maximum atomic E-state index is 14.1. The van der Waals surface area contributed by atoms with Gasteiger partial charge in [-0.2, -0.15) is 0 Å². The zero-order chi connectivity index (χ0) is 21.8. The highest BCUT2D eigenvalue weighted by molar-refractivity contribution is 5.99. The van der Waals surface area contributed by atoms with Crippen LogP contribution in [0.2, 0.25) is 0 Å².